The van der Waals surface area contributed by atoms with E-state index in [-0.39, 0.29) is 11.7 Å². The molecular weight excluding hydrogens is 440 g/mol. The summed E-state index contributed by atoms with van der Waals surface area (Å²) in [6.07, 6.45) is 2.34. The SMILES string of the molecule is Cc1[nH]c(=O)ccc1-c1ccc(CCCN2CC[C@](CC(C)(C)O)(c3ccccc3)OC2=O)cc1. The molecule has 0 bridgehead atoms. The lowest BCUT2D eigenvalue weighted by atomic mass is 9.80. The number of rotatable bonds is 8. The first-order chi connectivity index (χ1) is 16.7. The third-order valence-electron chi connectivity index (χ3n) is 6.62. The highest BCUT2D eigenvalue weighted by Gasteiger charge is 2.45. The van der Waals surface area contributed by atoms with E-state index < -0.39 is 11.2 Å². The second-order valence-corrected chi connectivity index (χ2v) is 10.1. The molecule has 0 spiro atoms. The monoisotopic (exact) mass is 474 g/mol. The van der Waals surface area contributed by atoms with Crippen LogP contribution < -0.4 is 5.56 Å². The van der Waals surface area contributed by atoms with Gasteiger partial charge in [0.05, 0.1) is 5.60 Å². The van der Waals surface area contributed by atoms with E-state index in [1.807, 2.05) is 43.3 Å². The Morgan fingerprint density at radius 1 is 1.03 bits per heavy atom. The molecule has 2 aromatic carbocycles. The van der Waals surface area contributed by atoms with Crippen LogP contribution in [0.15, 0.2) is 71.5 Å². The van der Waals surface area contributed by atoms with Crippen molar-refractivity contribution >= 4 is 6.09 Å². The maximum absolute atomic E-state index is 13.0. The molecule has 1 aliphatic rings. The average Bonchev–Trinajstić information content (AvgIpc) is 2.81. The highest BCUT2D eigenvalue weighted by molar-refractivity contribution is 5.69. The normalized spacial score (nSPS) is 18.4. The summed E-state index contributed by atoms with van der Waals surface area (Å²) in [5.41, 5.74) is 3.17. The topological polar surface area (TPSA) is 82.6 Å². The van der Waals surface area contributed by atoms with E-state index in [1.54, 1.807) is 24.8 Å². The van der Waals surface area contributed by atoms with Crippen molar-refractivity contribution in [3.8, 4) is 11.1 Å². The minimum Gasteiger partial charge on any atom is -0.438 e. The molecule has 2 heterocycles. The number of pyridine rings is 1. The Labute approximate surface area is 206 Å². The van der Waals surface area contributed by atoms with E-state index in [1.165, 1.54) is 5.56 Å². The molecule has 1 amide bonds. The van der Waals surface area contributed by atoms with Gasteiger partial charge in [0.2, 0.25) is 5.56 Å². The molecule has 6 heteroatoms. The Bertz CT molecular complexity index is 1210. The van der Waals surface area contributed by atoms with Gasteiger partial charge in [0.15, 0.2) is 0 Å². The zero-order valence-corrected chi connectivity index (χ0v) is 20.7. The molecule has 3 aromatic rings. The van der Waals surface area contributed by atoms with Crippen molar-refractivity contribution in [3.63, 3.8) is 0 Å². The third-order valence-corrected chi connectivity index (χ3v) is 6.62. The summed E-state index contributed by atoms with van der Waals surface area (Å²) in [6.45, 7) is 6.61. The number of carbonyl (C=O) groups excluding carboxylic acids is 1. The summed E-state index contributed by atoms with van der Waals surface area (Å²) < 4.78 is 6.04. The maximum atomic E-state index is 13.0. The second kappa shape index (κ2) is 10.1. The lowest BCUT2D eigenvalue weighted by molar-refractivity contribution is -0.0962. The molecular formula is C29H34N2O4. The number of H-pyrrole nitrogens is 1. The molecule has 1 fully saturated rings. The first kappa shape index (κ1) is 24.7. The highest BCUT2D eigenvalue weighted by Crippen LogP contribution is 2.40. The number of amides is 1. The van der Waals surface area contributed by atoms with E-state index in [2.05, 4.69) is 29.2 Å². The van der Waals surface area contributed by atoms with Crippen LogP contribution in [0.25, 0.3) is 11.1 Å². The lowest BCUT2D eigenvalue weighted by Gasteiger charge is -2.44. The summed E-state index contributed by atoms with van der Waals surface area (Å²) in [4.78, 5) is 29.0. The molecule has 0 aliphatic carbocycles. The van der Waals surface area contributed by atoms with Crippen LogP contribution in [0, 0.1) is 6.92 Å². The van der Waals surface area contributed by atoms with E-state index in [4.69, 9.17) is 4.74 Å². The number of aliphatic hydroxyl groups is 1. The van der Waals surface area contributed by atoms with Gasteiger partial charge >= 0.3 is 6.09 Å². The van der Waals surface area contributed by atoms with Gasteiger partial charge in [0, 0.05) is 43.3 Å². The Morgan fingerprint density at radius 2 is 1.74 bits per heavy atom. The minimum atomic E-state index is -0.960. The van der Waals surface area contributed by atoms with Crippen LogP contribution in [0.5, 0.6) is 0 Å². The predicted octanol–water partition coefficient (Wildman–Crippen LogP) is 5.18. The van der Waals surface area contributed by atoms with E-state index in [0.29, 0.717) is 25.9 Å². The Balaban J connectivity index is 1.36. The van der Waals surface area contributed by atoms with Crippen molar-refractivity contribution in [2.45, 2.75) is 57.7 Å². The van der Waals surface area contributed by atoms with Gasteiger partial charge in [0.25, 0.3) is 0 Å². The fourth-order valence-electron chi connectivity index (χ4n) is 4.98. The number of ether oxygens (including phenoxy) is 1. The number of nitrogens with one attached hydrogen (secondary N) is 1. The van der Waals surface area contributed by atoms with Crippen LogP contribution in [0.4, 0.5) is 4.79 Å². The van der Waals surface area contributed by atoms with Gasteiger partial charge < -0.3 is 19.7 Å². The summed E-state index contributed by atoms with van der Waals surface area (Å²) >= 11 is 0. The van der Waals surface area contributed by atoms with Crippen molar-refractivity contribution in [1.29, 1.82) is 0 Å². The van der Waals surface area contributed by atoms with Crippen molar-refractivity contribution in [2.24, 2.45) is 0 Å². The zero-order chi connectivity index (χ0) is 25.1. The van der Waals surface area contributed by atoms with Crippen LogP contribution >= 0.6 is 0 Å². The van der Waals surface area contributed by atoms with Crippen molar-refractivity contribution in [3.05, 3.63) is 93.9 Å². The van der Waals surface area contributed by atoms with Crippen molar-refractivity contribution < 1.29 is 14.6 Å². The minimum absolute atomic E-state index is 0.0970. The van der Waals surface area contributed by atoms with E-state index >= 15 is 0 Å². The number of aryl methyl sites for hydroxylation is 2. The number of carbonyl (C=O) groups is 1. The number of nitrogens with zero attached hydrogens (tertiary/aromatic N) is 1. The number of aromatic amines is 1. The summed E-state index contributed by atoms with van der Waals surface area (Å²) in [5.74, 6) is 0. The molecule has 6 nitrogen and oxygen atoms in total. The third kappa shape index (κ3) is 6.01. The first-order valence-electron chi connectivity index (χ1n) is 12.2. The fourth-order valence-corrected chi connectivity index (χ4v) is 4.98. The predicted molar refractivity (Wildman–Crippen MR) is 137 cm³/mol. The number of cyclic esters (lactones) is 1. The molecule has 0 unspecified atom stereocenters. The molecule has 184 valence electrons. The van der Waals surface area contributed by atoms with Crippen LogP contribution in [0.3, 0.4) is 0 Å². The number of hydrogen-bond donors (Lipinski definition) is 2. The number of aromatic nitrogens is 1. The summed E-state index contributed by atoms with van der Waals surface area (Å²) in [7, 11) is 0. The Kier molecular flexibility index (Phi) is 7.13. The van der Waals surface area contributed by atoms with Crippen LogP contribution in [0.1, 0.15) is 49.9 Å². The van der Waals surface area contributed by atoms with Crippen LogP contribution in [0.2, 0.25) is 0 Å². The number of benzene rings is 2. The van der Waals surface area contributed by atoms with Crippen molar-refractivity contribution in [1.82, 2.24) is 9.88 Å². The molecule has 1 aliphatic heterocycles. The summed E-state index contributed by atoms with van der Waals surface area (Å²) in [5, 5.41) is 10.5. The van der Waals surface area contributed by atoms with Gasteiger partial charge in [-0.05, 0) is 56.4 Å². The second-order valence-electron chi connectivity index (χ2n) is 10.1. The van der Waals surface area contributed by atoms with Gasteiger partial charge in [-0.2, -0.15) is 0 Å². The maximum Gasteiger partial charge on any atom is 0.410 e. The molecule has 2 N–H and O–H groups in total. The highest BCUT2D eigenvalue weighted by atomic mass is 16.6. The lowest BCUT2D eigenvalue weighted by Crippen LogP contribution is -2.50. The standard InChI is InChI=1S/C29H34N2O4/c1-21-25(15-16-26(32)30-21)23-13-11-22(12-14-23)8-7-18-31-19-17-29(35-27(31)33,20-28(2,3)34)24-9-5-4-6-10-24/h4-6,9-16,34H,7-8,17-20H2,1-3H3,(H,30,32)/t29-/m0/s1. The molecule has 0 saturated carbocycles. The molecule has 35 heavy (non-hydrogen) atoms. The van der Waals surface area contributed by atoms with Gasteiger partial charge in [-0.25, -0.2) is 4.79 Å². The molecule has 1 atom stereocenters. The molecule has 1 aromatic heterocycles. The largest absolute Gasteiger partial charge is 0.438 e. The van der Waals surface area contributed by atoms with Gasteiger partial charge in [-0.1, -0.05) is 54.6 Å². The van der Waals surface area contributed by atoms with Crippen molar-refractivity contribution in [2.75, 3.05) is 13.1 Å². The molecule has 0 radical (unpaired) electrons. The average molecular weight is 475 g/mol. The van der Waals surface area contributed by atoms with Gasteiger partial charge in [-0.3, -0.25) is 4.79 Å². The van der Waals surface area contributed by atoms with E-state index in [0.717, 1.165) is 35.2 Å². The van der Waals surface area contributed by atoms with Gasteiger partial charge in [0.1, 0.15) is 5.60 Å². The van der Waals surface area contributed by atoms with Crippen LogP contribution in [-0.4, -0.2) is 39.8 Å². The fraction of sp³-hybridized carbons (Fsp3) is 0.379. The zero-order valence-electron chi connectivity index (χ0n) is 20.7. The molecule has 4 rings (SSSR count). The van der Waals surface area contributed by atoms with Gasteiger partial charge in [-0.15, -0.1) is 0 Å². The summed E-state index contributed by atoms with van der Waals surface area (Å²) in [6, 6.07) is 21.5. The van der Waals surface area contributed by atoms with E-state index in [9.17, 15) is 14.7 Å². The Hall–Kier alpha value is -3.38. The molecule has 1 saturated heterocycles. The van der Waals surface area contributed by atoms with Crippen LogP contribution in [-0.2, 0) is 16.8 Å². The Morgan fingerprint density at radius 3 is 2.37 bits per heavy atom. The quantitative estimate of drug-likeness (QED) is 0.471. The smallest absolute Gasteiger partial charge is 0.410 e. The first-order valence-corrected chi connectivity index (χ1v) is 12.2. The number of hydrogen-bond acceptors (Lipinski definition) is 4.